The smallest absolute Gasteiger partial charge is 0.278 e. The Hall–Kier alpha value is -1.79. The first kappa shape index (κ1) is 20.9. The lowest BCUT2D eigenvalue weighted by Crippen LogP contribution is -2.67. The molecule has 4 N–H and O–H groups in total. The van der Waals surface area contributed by atoms with E-state index in [1.165, 1.54) is 34.1 Å². The van der Waals surface area contributed by atoms with Gasteiger partial charge in [0.1, 0.15) is 22.9 Å². The number of nitrogens with zero attached hydrogens (tertiary/aromatic N) is 1. The number of hydrogen-bond donors (Lipinski definition) is 4. The molecule has 0 spiro atoms. The van der Waals surface area contributed by atoms with Gasteiger partial charge in [0, 0.05) is 19.6 Å². The number of benzene rings is 1. The summed E-state index contributed by atoms with van der Waals surface area (Å²) < 4.78 is 46.1. The Kier molecular flexibility index (Phi) is 6.20. The zero-order valence-corrected chi connectivity index (χ0v) is 16.0. The minimum absolute atomic E-state index is 0.0399. The first-order chi connectivity index (χ1) is 13.3. The van der Waals surface area contributed by atoms with Crippen LogP contribution in [0.1, 0.15) is 19.3 Å². The fourth-order valence-corrected chi connectivity index (χ4v) is 5.85. The average Bonchev–Trinajstić information content (AvgIpc) is 2.69. The van der Waals surface area contributed by atoms with E-state index in [0.29, 0.717) is 25.1 Å². The van der Waals surface area contributed by atoms with Crippen molar-refractivity contribution in [3.05, 3.63) is 30.1 Å². The maximum Gasteiger partial charge on any atom is 0.278 e. The van der Waals surface area contributed by atoms with Crippen molar-refractivity contribution in [2.75, 3.05) is 26.2 Å². The van der Waals surface area contributed by atoms with Gasteiger partial charge in [-0.15, -0.1) is 0 Å². The molecule has 0 radical (unpaired) electrons. The van der Waals surface area contributed by atoms with E-state index >= 15 is 0 Å². The predicted octanol–water partition coefficient (Wildman–Crippen LogP) is -0.403. The minimum Gasteiger partial charge on any atom is -0.490 e. The first-order valence-corrected chi connectivity index (χ1v) is 10.6. The van der Waals surface area contributed by atoms with Gasteiger partial charge < -0.3 is 15.2 Å². The standard InChI is InChI=1S/C17H24FN3O6S/c18-12-1-3-13(4-2-12)27-14-6-9-21(10-7-14)28(25,26)15-5-8-19-11-17(15,23)16(22)20-24/h1-4,14-15,19,23-24H,5-11H2,(H,20,22). The highest BCUT2D eigenvalue weighted by molar-refractivity contribution is 7.89. The number of carbonyl (C=O) groups excluding carboxylic acids is 1. The zero-order valence-electron chi connectivity index (χ0n) is 15.2. The van der Waals surface area contributed by atoms with Crippen molar-refractivity contribution in [2.45, 2.75) is 36.2 Å². The number of nitrogens with one attached hydrogen (secondary N) is 2. The summed E-state index contributed by atoms with van der Waals surface area (Å²) in [7, 11) is -3.98. The molecule has 9 nitrogen and oxygen atoms in total. The van der Waals surface area contributed by atoms with Crippen LogP contribution in [0.4, 0.5) is 4.39 Å². The molecule has 2 heterocycles. The van der Waals surface area contributed by atoms with Crippen molar-refractivity contribution >= 4 is 15.9 Å². The summed E-state index contributed by atoms with van der Waals surface area (Å²) >= 11 is 0. The molecule has 0 saturated carbocycles. The number of halogens is 1. The number of ether oxygens (including phenoxy) is 1. The van der Waals surface area contributed by atoms with Gasteiger partial charge in [-0.1, -0.05) is 0 Å². The summed E-state index contributed by atoms with van der Waals surface area (Å²) in [6.45, 7) is 0.409. The molecule has 2 atom stereocenters. The second kappa shape index (κ2) is 8.29. The van der Waals surface area contributed by atoms with Crippen molar-refractivity contribution < 1.29 is 32.7 Å². The van der Waals surface area contributed by atoms with E-state index in [1.807, 2.05) is 0 Å². The van der Waals surface area contributed by atoms with Crippen LogP contribution in [0.3, 0.4) is 0 Å². The Bertz CT molecular complexity index is 798. The van der Waals surface area contributed by atoms with Gasteiger partial charge in [0.2, 0.25) is 10.0 Å². The van der Waals surface area contributed by atoms with Crippen LogP contribution >= 0.6 is 0 Å². The molecule has 1 amide bonds. The molecule has 156 valence electrons. The Balaban J connectivity index is 1.66. The third-order valence-electron chi connectivity index (χ3n) is 5.24. The van der Waals surface area contributed by atoms with E-state index in [4.69, 9.17) is 9.94 Å². The molecule has 2 aliphatic rings. The Morgan fingerprint density at radius 2 is 1.89 bits per heavy atom. The molecule has 0 aliphatic carbocycles. The highest BCUT2D eigenvalue weighted by atomic mass is 32.2. The molecule has 2 fully saturated rings. The summed E-state index contributed by atoms with van der Waals surface area (Å²) in [6.07, 6.45) is 0.668. The molecule has 1 aromatic carbocycles. The highest BCUT2D eigenvalue weighted by Gasteiger charge is 2.54. The number of rotatable bonds is 5. The maximum atomic E-state index is 13.1. The fourth-order valence-electron chi connectivity index (χ4n) is 3.67. The van der Waals surface area contributed by atoms with Crippen LogP contribution in [0.5, 0.6) is 5.75 Å². The zero-order chi connectivity index (χ0) is 20.4. The molecule has 2 aliphatic heterocycles. The van der Waals surface area contributed by atoms with Crippen LogP contribution in [0.2, 0.25) is 0 Å². The lowest BCUT2D eigenvalue weighted by atomic mass is 9.93. The van der Waals surface area contributed by atoms with Crippen molar-refractivity contribution in [3.63, 3.8) is 0 Å². The van der Waals surface area contributed by atoms with E-state index < -0.39 is 26.8 Å². The summed E-state index contributed by atoms with van der Waals surface area (Å²) in [5.41, 5.74) is -0.897. The molecule has 0 aromatic heterocycles. The van der Waals surface area contributed by atoms with Gasteiger partial charge in [-0.2, -0.15) is 0 Å². The summed E-state index contributed by atoms with van der Waals surface area (Å²) in [5, 5.41) is 21.0. The number of β-amino-alcohol motifs (C(OH)–C–C–N with tert-alkyl or cyclic N) is 1. The van der Waals surface area contributed by atoms with Gasteiger partial charge in [0.05, 0.1) is 0 Å². The van der Waals surface area contributed by atoms with Crippen LogP contribution < -0.4 is 15.5 Å². The van der Waals surface area contributed by atoms with Crippen LogP contribution in [0.15, 0.2) is 24.3 Å². The monoisotopic (exact) mass is 417 g/mol. The van der Waals surface area contributed by atoms with Crippen LogP contribution in [0.25, 0.3) is 0 Å². The summed E-state index contributed by atoms with van der Waals surface area (Å²) in [4.78, 5) is 11.9. The Morgan fingerprint density at radius 3 is 2.50 bits per heavy atom. The number of amides is 1. The largest absolute Gasteiger partial charge is 0.490 e. The van der Waals surface area contributed by atoms with Crippen LogP contribution in [0, 0.1) is 5.82 Å². The second-order valence-corrected chi connectivity index (χ2v) is 9.15. The van der Waals surface area contributed by atoms with Crippen molar-refractivity contribution in [2.24, 2.45) is 0 Å². The van der Waals surface area contributed by atoms with Gasteiger partial charge in [-0.25, -0.2) is 22.6 Å². The number of piperidine rings is 2. The van der Waals surface area contributed by atoms with Crippen LogP contribution in [-0.2, 0) is 14.8 Å². The van der Waals surface area contributed by atoms with Crippen molar-refractivity contribution in [1.82, 2.24) is 15.1 Å². The van der Waals surface area contributed by atoms with Crippen molar-refractivity contribution in [1.29, 1.82) is 0 Å². The Morgan fingerprint density at radius 1 is 1.25 bits per heavy atom. The number of hydrogen-bond acceptors (Lipinski definition) is 7. The number of carbonyl (C=O) groups is 1. The lowest BCUT2D eigenvalue weighted by molar-refractivity contribution is -0.150. The number of hydroxylamine groups is 1. The van der Waals surface area contributed by atoms with Crippen molar-refractivity contribution in [3.8, 4) is 5.75 Å². The average molecular weight is 417 g/mol. The molecule has 2 saturated heterocycles. The molecular formula is C17H24FN3O6S. The van der Waals surface area contributed by atoms with E-state index in [0.717, 1.165) is 0 Å². The second-order valence-electron chi connectivity index (χ2n) is 7.03. The number of aliphatic hydroxyl groups is 1. The van der Waals surface area contributed by atoms with E-state index in [-0.39, 0.29) is 38.0 Å². The lowest BCUT2D eigenvalue weighted by Gasteiger charge is -2.41. The normalized spacial score (nSPS) is 27.3. The van der Waals surface area contributed by atoms with E-state index in [9.17, 15) is 22.7 Å². The third-order valence-corrected chi connectivity index (χ3v) is 7.67. The van der Waals surface area contributed by atoms with Gasteiger partial charge >= 0.3 is 0 Å². The molecule has 0 bridgehead atoms. The van der Waals surface area contributed by atoms with Gasteiger partial charge in [0.15, 0.2) is 5.60 Å². The van der Waals surface area contributed by atoms with Gasteiger partial charge in [-0.05, 0) is 50.1 Å². The first-order valence-electron chi connectivity index (χ1n) is 9.06. The molecule has 11 heteroatoms. The Labute approximate surface area is 162 Å². The van der Waals surface area contributed by atoms with E-state index in [1.54, 1.807) is 0 Å². The molecule has 3 rings (SSSR count). The molecule has 28 heavy (non-hydrogen) atoms. The maximum absolute atomic E-state index is 13.1. The molecule has 1 aromatic rings. The van der Waals surface area contributed by atoms with E-state index in [2.05, 4.69) is 5.32 Å². The fraction of sp³-hybridized carbons (Fsp3) is 0.588. The van der Waals surface area contributed by atoms with Crippen LogP contribution in [-0.4, -0.2) is 72.1 Å². The highest BCUT2D eigenvalue weighted by Crippen LogP contribution is 2.29. The minimum atomic E-state index is -3.98. The quantitative estimate of drug-likeness (QED) is 0.379. The third kappa shape index (κ3) is 4.13. The van der Waals surface area contributed by atoms with Gasteiger partial charge in [0.25, 0.3) is 5.91 Å². The SMILES string of the molecule is O=C(NO)C1(O)CNCCC1S(=O)(=O)N1CCC(Oc2ccc(F)cc2)CC1. The molecular weight excluding hydrogens is 393 g/mol. The summed E-state index contributed by atoms with van der Waals surface area (Å²) in [6, 6.07) is 5.61. The number of sulfonamides is 1. The molecule has 2 unspecified atom stereocenters. The van der Waals surface area contributed by atoms with Gasteiger partial charge in [-0.3, -0.25) is 10.0 Å². The topological polar surface area (TPSA) is 128 Å². The predicted molar refractivity (Wildman–Crippen MR) is 96.7 cm³/mol. The summed E-state index contributed by atoms with van der Waals surface area (Å²) in [5.74, 6) is -1.01.